The zero-order valence-electron chi connectivity index (χ0n) is 15.6. The molecule has 2 amide bonds. The molecule has 3 aromatic rings. The number of ether oxygens (including phenoxy) is 1. The van der Waals surface area contributed by atoms with E-state index in [1.807, 2.05) is 0 Å². The Morgan fingerprint density at radius 2 is 1.72 bits per heavy atom. The quantitative estimate of drug-likeness (QED) is 0.626. The highest BCUT2D eigenvalue weighted by Gasteiger charge is 2.16. The van der Waals surface area contributed by atoms with Crippen molar-refractivity contribution < 1.29 is 19.1 Å². The third kappa shape index (κ3) is 5.01. The van der Waals surface area contributed by atoms with Gasteiger partial charge in [-0.3, -0.25) is 19.6 Å². The average Bonchev–Trinajstić information content (AvgIpc) is 2.78. The van der Waals surface area contributed by atoms with Gasteiger partial charge in [0.2, 0.25) is 0 Å². The molecular weight excluding hydrogens is 372 g/mol. The number of amides is 2. The molecule has 0 aliphatic carbocycles. The van der Waals surface area contributed by atoms with Gasteiger partial charge in [0.15, 0.2) is 0 Å². The molecule has 3 rings (SSSR count). The highest BCUT2D eigenvalue weighted by molar-refractivity contribution is 6.08. The minimum absolute atomic E-state index is 0.0428. The molecule has 0 saturated carbocycles. The van der Waals surface area contributed by atoms with Crippen LogP contribution in [0, 0.1) is 0 Å². The number of esters is 1. The van der Waals surface area contributed by atoms with Gasteiger partial charge < -0.3 is 15.4 Å². The van der Waals surface area contributed by atoms with E-state index < -0.39 is 11.9 Å². The zero-order valence-corrected chi connectivity index (χ0v) is 15.6. The van der Waals surface area contributed by atoms with Crippen LogP contribution >= 0.6 is 0 Å². The monoisotopic (exact) mass is 390 g/mol. The Bertz CT molecular complexity index is 1040. The Hall–Kier alpha value is -4.07. The van der Waals surface area contributed by atoms with Crippen molar-refractivity contribution in [1.29, 1.82) is 0 Å². The first kappa shape index (κ1) is 19.7. The molecule has 2 heterocycles. The lowest BCUT2D eigenvalue weighted by molar-refractivity contribution is 0.0601. The summed E-state index contributed by atoms with van der Waals surface area (Å²) >= 11 is 0. The fourth-order valence-corrected chi connectivity index (χ4v) is 2.55. The molecule has 8 nitrogen and oxygen atoms in total. The minimum Gasteiger partial charge on any atom is -0.465 e. The van der Waals surface area contributed by atoms with Crippen LogP contribution in [0.4, 0.5) is 5.69 Å². The highest BCUT2D eigenvalue weighted by atomic mass is 16.5. The van der Waals surface area contributed by atoms with Gasteiger partial charge in [0.25, 0.3) is 11.8 Å². The molecular formula is C21H18N4O4. The molecule has 0 aliphatic heterocycles. The maximum Gasteiger partial charge on any atom is 0.339 e. The van der Waals surface area contributed by atoms with Crippen LogP contribution in [0.25, 0.3) is 0 Å². The third-order valence-corrected chi connectivity index (χ3v) is 4.04. The second kappa shape index (κ2) is 9.23. The van der Waals surface area contributed by atoms with Crippen molar-refractivity contribution in [1.82, 2.24) is 15.3 Å². The molecule has 0 saturated heterocycles. The van der Waals surface area contributed by atoms with Gasteiger partial charge in [-0.1, -0.05) is 12.1 Å². The van der Waals surface area contributed by atoms with E-state index in [1.165, 1.54) is 31.5 Å². The van der Waals surface area contributed by atoms with Crippen LogP contribution in [0.5, 0.6) is 0 Å². The summed E-state index contributed by atoms with van der Waals surface area (Å²) in [5, 5.41) is 5.40. The van der Waals surface area contributed by atoms with Crippen molar-refractivity contribution in [2.75, 3.05) is 12.4 Å². The van der Waals surface area contributed by atoms with Crippen LogP contribution in [0.15, 0.2) is 67.1 Å². The second-order valence-electron chi connectivity index (χ2n) is 5.96. The van der Waals surface area contributed by atoms with Gasteiger partial charge >= 0.3 is 5.97 Å². The average molecular weight is 390 g/mol. The van der Waals surface area contributed by atoms with Crippen molar-refractivity contribution >= 4 is 23.5 Å². The molecule has 2 N–H and O–H groups in total. The van der Waals surface area contributed by atoms with Crippen LogP contribution < -0.4 is 10.6 Å². The number of aromatic nitrogens is 2. The number of carbonyl (C=O) groups is 3. The van der Waals surface area contributed by atoms with E-state index in [4.69, 9.17) is 4.74 Å². The van der Waals surface area contributed by atoms with E-state index in [0.29, 0.717) is 17.8 Å². The summed E-state index contributed by atoms with van der Waals surface area (Å²) in [7, 11) is 1.26. The van der Waals surface area contributed by atoms with Crippen molar-refractivity contribution in [2.24, 2.45) is 0 Å². The number of hydrogen-bond donors (Lipinski definition) is 2. The molecule has 8 heteroatoms. The molecule has 0 bridgehead atoms. The van der Waals surface area contributed by atoms with Crippen LogP contribution in [0.1, 0.15) is 36.8 Å². The molecule has 2 aromatic heterocycles. The summed E-state index contributed by atoms with van der Waals surface area (Å²) in [6, 6.07) is 13.0. The van der Waals surface area contributed by atoms with Crippen LogP contribution in [-0.4, -0.2) is 34.9 Å². The lowest BCUT2D eigenvalue weighted by atomic mass is 10.1. The third-order valence-electron chi connectivity index (χ3n) is 4.04. The van der Waals surface area contributed by atoms with E-state index in [-0.39, 0.29) is 17.2 Å². The number of nitrogens with zero attached hydrogens (tertiary/aromatic N) is 2. The van der Waals surface area contributed by atoms with Crippen molar-refractivity contribution in [3.8, 4) is 0 Å². The fourth-order valence-electron chi connectivity index (χ4n) is 2.55. The Morgan fingerprint density at radius 3 is 2.48 bits per heavy atom. The Labute approximate surface area is 167 Å². The second-order valence-corrected chi connectivity index (χ2v) is 5.96. The van der Waals surface area contributed by atoms with E-state index >= 15 is 0 Å². The summed E-state index contributed by atoms with van der Waals surface area (Å²) < 4.78 is 4.72. The van der Waals surface area contributed by atoms with Gasteiger partial charge in [0, 0.05) is 30.7 Å². The van der Waals surface area contributed by atoms with Crippen molar-refractivity contribution in [3.63, 3.8) is 0 Å². The lowest BCUT2D eigenvalue weighted by Crippen LogP contribution is -2.24. The molecule has 0 fully saturated rings. The first-order valence-electron chi connectivity index (χ1n) is 8.70. The van der Waals surface area contributed by atoms with Gasteiger partial charge in [-0.05, 0) is 42.0 Å². The normalized spacial score (nSPS) is 10.1. The summed E-state index contributed by atoms with van der Waals surface area (Å²) in [5.41, 5.74) is 1.75. The summed E-state index contributed by atoms with van der Waals surface area (Å²) in [6.07, 6.45) is 4.66. The number of nitrogens with one attached hydrogen (secondary N) is 2. The lowest BCUT2D eigenvalue weighted by Gasteiger charge is -2.10. The summed E-state index contributed by atoms with van der Waals surface area (Å²) in [5.74, 6) is -1.46. The highest BCUT2D eigenvalue weighted by Crippen LogP contribution is 2.17. The Kier molecular flexibility index (Phi) is 6.26. The number of anilines is 1. The number of para-hydroxylation sites is 1. The minimum atomic E-state index is -0.571. The topological polar surface area (TPSA) is 110 Å². The summed E-state index contributed by atoms with van der Waals surface area (Å²) in [4.78, 5) is 44.7. The molecule has 1 aromatic carbocycles. The largest absolute Gasteiger partial charge is 0.465 e. The van der Waals surface area contributed by atoms with Gasteiger partial charge in [-0.25, -0.2) is 4.79 Å². The smallest absolute Gasteiger partial charge is 0.339 e. The van der Waals surface area contributed by atoms with E-state index in [1.54, 1.807) is 42.7 Å². The molecule has 0 aliphatic rings. The first-order valence-corrected chi connectivity index (χ1v) is 8.70. The molecule has 0 unspecified atom stereocenters. The Balaban J connectivity index is 1.71. The standard InChI is InChI=1S/C21H18N4O4/c1-29-21(28)16-4-2-3-5-17(16)25-20(27)18-12-15(8-11-23-18)19(26)24-13-14-6-9-22-10-7-14/h2-12H,13H2,1H3,(H,24,26)(H,25,27). The molecule has 0 atom stereocenters. The number of pyridine rings is 2. The SMILES string of the molecule is COC(=O)c1ccccc1NC(=O)c1cc(C(=O)NCc2ccncc2)ccn1. The predicted octanol–water partition coefficient (Wildman–Crippen LogP) is 2.45. The number of carbonyl (C=O) groups excluding carboxylic acids is 3. The number of rotatable bonds is 6. The van der Waals surface area contributed by atoms with Crippen LogP contribution in [0.2, 0.25) is 0 Å². The van der Waals surface area contributed by atoms with Gasteiger partial charge in [0.1, 0.15) is 5.69 Å². The van der Waals surface area contributed by atoms with Gasteiger partial charge in [-0.2, -0.15) is 0 Å². The summed E-state index contributed by atoms with van der Waals surface area (Å²) in [6.45, 7) is 0.331. The van der Waals surface area contributed by atoms with Gasteiger partial charge in [0.05, 0.1) is 18.4 Å². The predicted molar refractivity (Wildman–Crippen MR) is 105 cm³/mol. The molecule has 146 valence electrons. The zero-order chi connectivity index (χ0) is 20.6. The molecule has 0 spiro atoms. The van der Waals surface area contributed by atoms with Crippen molar-refractivity contribution in [3.05, 3.63) is 89.5 Å². The van der Waals surface area contributed by atoms with Crippen molar-refractivity contribution in [2.45, 2.75) is 6.54 Å². The van der Waals surface area contributed by atoms with Crippen LogP contribution in [0.3, 0.4) is 0 Å². The maximum absolute atomic E-state index is 12.6. The number of hydrogen-bond acceptors (Lipinski definition) is 6. The van der Waals surface area contributed by atoms with E-state index in [2.05, 4.69) is 20.6 Å². The van der Waals surface area contributed by atoms with Gasteiger partial charge in [-0.15, -0.1) is 0 Å². The van der Waals surface area contributed by atoms with Crippen LogP contribution in [-0.2, 0) is 11.3 Å². The maximum atomic E-state index is 12.6. The number of methoxy groups -OCH3 is 1. The molecule has 29 heavy (non-hydrogen) atoms. The fraction of sp³-hybridized carbons (Fsp3) is 0.0952. The Morgan fingerprint density at radius 1 is 0.966 bits per heavy atom. The first-order chi connectivity index (χ1) is 14.1. The van der Waals surface area contributed by atoms with E-state index in [0.717, 1.165) is 5.56 Å². The number of benzene rings is 1. The molecule has 0 radical (unpaired) electrons. The van der Waals surface area contributed by atoms with E-state index in [9.17, 15) is 14.4 Å².